The van der Waals surface area contributed by atoms with Gasteiger partial charge in [0.2, 0.25) is 0 Å². The standard InChI is InChI=1S/C19H16N4OS/c24-18-16(13-6-2-1-3-7-13)22-23-17(20-18)14-8-4-5-9-15(14)21-19(23)10-11-25-12-19/h1-9,21H,10-12H2/t19-/m0/s1. The molecule has 1 fully saturated rings. The highest BCUT2D eigenvalue weighted by Gasteiger charge is 2.42. The third-order valence-electron chi connectivity index (χ3n) is 4.80. The number of hydrogen-bond donors (Lipinski definition) is 1. The first-order valence-corrected chi connectivity index (χ1v) is 9.45. The van der Waals surface area contributed by atoms with E-state index in [1.807, 2.05) is 71.0 Å². The summed E-state index contributed by atoms with van der Waals surface area (Å²) in [5.74, 6) is 2.62. The van der Waals surface area contributed by atoms with Crippen LogP contribution >= 0.6 is 11.8 Å². The van der Waals surface area contributed by atoms with Gasteiger partial charge in [-0.05, 0) is 17.9 Å². The van der Waals surface area contributed by atoms with E-state index in [0.717, 1.165) is 34.7 Å². The number of nitrogens with zero attached hydrogens (tertiary/aromatic N) is 3. The van der Waals surface area contributed by atoms with E-state index in [2.05, 4.69) is 10.3 Å². The topological polar surface area (TPSA) is 59.8 Å². The van der Waals surface area contributed by atoms with Crippen molar-refractivity contribution in [2.75, 3.05) is 16.8 Å². The molecule has 6 heteroatoms. The van der Waals surface area contributed by atoms with Crippen LogP contribution in [0.5, 0.6) is 0 Å². The lowest BCUT2D eigenvalue weighted by molar-refractivity contribution is 0.333. The fraction of sp³-hybridized carbons (Fsp3) is 0.211. The highest BCUT2D eigenvalue weighted by molar-refractivity contribution is 7.99. The fourth-order valence-electron chi connectivity index (χ4n) is 3.55. The van der Waals surface area contributed by atoms with Crippen LogP contribution in [0.15, 0.2) is 59.4 Å². The van der Waals surface area contributed by atoms with Crippen LogP contribution in [-0.2, 0) is 5.66 Å². The third kappa shape index (κ3) is 2.21. The average Bonchev–Trinajstić information content (AvgIpc) is 3.11. The van der Waals surface area contributed by atoms with Gasteiger partial charge in [-0.3, -0.25) is 4.79 Å². The summed E-state index contributed by atoms with van der Waals surface area (Å²) >= 11 is 1.89. The van der Waals surface area contributed by atoms with Gasteiger partial charge in [0, 0.05) is 29.0 Å². The molecule has 0 radical (unpaired) electrons. The van der Waals surface area contributed by atoms with Gasteiger partial charge >= 0.3 is 0 Å². The van der Waals surface area contributed by atoms with Crippen LogP contribution in [0.25, 0.3) is 22.6 Å². The highest BCUT2D eigenvalue weighted by atomic mass is 32.2. The fourth-order valence-corrected chi connectivity index (χ4v) is 4.85. The first kappa shape index (κ1) is 14.7. The minimum atomic E-state index is -0.321. The second-order valence-electron chi connectivity index (χ2n) is 6.37. The van der Waals surface area contributed by atoms with Gasteiger partial charge in [0.15, 0.2) is 11.5 Å². The number of benzene rings is 2. The van der Waals surface area contributed by atoms with E-state index in [1.165, 1.54) is 0 Å². The van der Waals surface area contributed by atoms with Gasteiger partial charge in [0.1, 0.15) is 5.66 Å². The van der Waals surface area contributed by atoms with E-state index in [0.29, 0.717) is 11.5 Å². The molecule has 124 valence electrons. The van der Waals surface area contributed by atoms with Gasteiger partial charge in [-0.2, -0.15) is 21.8 Å². The molecule has 1 atom stereocenters. The summed E-state index contributed by atoms with van der Waals surface area (Å²) in [4.78, 5) is 17.1. The predicted molar refractivity (Wildman–Crippen MR) is 101 cm³/mol. The maximum atomic E-state index is 12.7. The van der Waals surface area contributed by atoms with Crippen molar-refractivity contribution < 1.29 is 0 Å². The maximum Gasteiger partial charge on any atom is 0.300 e. The summed E-state index contributed by atoms with van der Waals surface area (Å²) in [5, 5.41) is 8.45. The Bertz CT molecular complexity index is 1010. The van der Waals surface area contributed by atoms with Gasteiger partial charge in [0.05, 0.1) is 0 Å². The summed E-state index contributed by atoms with van der Waals surface area (Å²) in [6.07, 6.45) is 0.949. The van der Waals surface area contributed by atoms with E-state index in [1.54, 1.807) is 0 Å². The number of thioether (sulfide) groups is 1. The summed E-state index contributed by atoms with van der Waals surface area (Å²) < 4.78 is 1.94. The molecule has 1 spiro atoms. The lowest BCUT2D eigenvalue weighted by Gasteiger charge is -2.38. The van der Waals surface area contributed by atoms with Crippen LogP contribution < -0.4 is 10.9 Å². The number of anilines is 1. The molecule has 5 nitrogen and oxygen atoms in total. The van der Waals surface area contributed by atoms with Crippen LogP contribution in [0.4, 0.5) is 5.69 Å². The molecular formula is C19H16N4OS. The molecule has 0 unspecified atom stereocenters. The van der Waals surface area contributed by atoms with Crippen LogP contribution in [0.3, 0.4) is 0 Å². The molecule has 2 aliphatic heterocycles. The molecule has 2 aromatic carbocycles. The summed E-state index contributed by atoms with van der Waals surface area (Å²) in [6.45, 7) is 0. The van der Waals surface area contributed by atoms with Crippen molar-refractivity contribution >= 4 is 17.4 Å². The van der Waals surface area contributed by atoms with Crippen molar-refractivity contribution in [3.63, 3.8) is 0 Å². The maximum absolute atomic E-state index is 12.7. The SMILES string of the molecule is O=c1nc2n(nc1-c1ccccc1)[C@]1(CCSC1)Nc1ccccc1-2. The first-order chi connectivity index (χ1) is 12.3. The molecule has 0 aliphatic carbocycles. The van der Waals surface area contributed by atoms with Crippen LogP contribution in [0.2, 0.25) is 0 Å². The van der Waals surface area contributed by atoms with E-state index in [-0.39, 0.29) is 11.2 Å². The summed E-state index contributed by atoms with van der Waals surface area (Å²) in [5.41, 5.74) is 2.55. The molecular weight excluding hydrogens is 332 g/mol. The Hall–Kier alpha value is -2.60. The average molecular weight is 348 g/mol. The predicted octanol–water partition coefficient (Wildman–Crippen LogP) is 3.19. The summed E-state index contributed by atoms with van der Waals surface area (Å²) in [6, 6.07) is 17.5. The lowest BCUT2D eigenvalue weighted by Crippen LogP contribution is -2.47. The Kier molecular flexibility index (Phi) is 3.21. The molecule has 1 N–H and O–H groups in total. The molecule has 1 saturated heterocycles. The van der Waals surface area contributed by atoms with Crippen LogP contribution in [0.1, 0.15) is 6.42 Å². The van der Waals surface area contributed by atoms with Crippen molar-refractivity contribution in [3.8, 4) is 22.6 Å². The van der Waals surface area contributed by atoms with Crippen molar-refractivity contribution in [1.29, 1.82) is 0 Å². The molecule has 25 heavy (non-hydrogen) atoms. The Morgan fingerprint density at radius 1 is 1.08 bits per heavy atom. The second kappa shape index (κ2) is 5.46. The first-order valence-electron chi connectivity index (χ1n) is 8.29. The monoisotopic (exact) mass is 348 g/mol. The van der Waals surface area contributed by atoms with Crippen LogP contribution in [0, 0.1) is 0 Å². The van der Waals surface area contributed by atoms with Gasteiger partial charge in [-0.25, -0.2) is 4.68 Å². The molecule has 1 aromatic heterocycles. The zero-order valence-electron chi connectivity index (χ0n) is 13.5. The second-order valence-corrected chi connectivity index (χ2v) is 7.48. The largest absolute Gasteiger partial charge is 0.360 e. The number of fused-ring (bicyclic) bond motifs is 4. The van der Waals surface area contributed by atoms with Crippen molar-refractivity contribution in [2.24, 2.45) is 0 Å². The highest BCUT2D eigenvalue weighted by Crippen LogP contribution is 2.43. The number of nitrogens with one attached hydrogen (secondary N) is 1. The van der Waals surface area contributed by atoms with Crippen molar-refractivity contribution in [1.82, 2.24) is 14.8 Å². The quantitative estimate of drug-likeness (QED) is 0.732. The minimum absolute atomic E-state index is 0.282. The zero-order valence-corrected chi connectivity index (χ0v) is 14.3. The number of para-hydroxylation sites is 1. The lowest BCUT2D eigenvalue weighted by atomic mass is 10.0. The van der Waals surface area contributed by atoms with Crippen molar-refractivity contribution in [2.45, 2.75) is 12.1 Å². The molecule has 3 heterocycles. The van der Waals surface area contributed by atoms with E-state index in [9.17, 15) is 4.79 Å². The Morgan fingerprint density at radius 3 is 2.68 bits per heavy atom. The number of rotatable bonds is 1. The Labute approximate surface area is 149 Å². The van der Waals surface area contributed by atoms with Crippen molar-refractivity contribution in [3.05, 3.63) is 65.0 Å². The molecule has 0 amide bonds. The molecule has 0 bridgehead atoms. The Balaban J connectivity index is 1.80. The molecule has 2 aliphatic rings. The van der Waals surface area contributed by atoms with Gasteiger partial charge in [-0.1, -0.05) is 42.5 Å². The number of aromatic nitrogens is 3. The molecule has 3 aromatic rings. The summed E-state index contributed by atoms with van der Waals surface area (Å²) in [7, 11) is 0. The third-order valence-corrected chi connectivity index (χ3v) is 5.97. The van der Waals surface area contributed by atoms with Gasteiger partial charge in [0.25, 0.3) is 5.56 Å². The minimum Gasteiger partial charge on any atom is -0.360 e. The zero-order chi connectivity index (χ0) is 16.9. The van der Waals surface area contributed by atoms with E-state index >= 15 is 0 Å². The van der Waals surface area contributed by atoms with E-state index < -0.39 is 0 Å². The Morgan fingerprint density at radius 2 is 1.88 bits per heavy atom. The van der Waals surface area contributed by atoms with Gasteiger partial charge in [-0.15, -0.1) is 0 Å². The van der Waals surface area contributed by atoms with Gasteiger partial charge < -0.3 is 5.32 Å². The van der Waals surface area contributed by atoms with E-state index in [4.69, 9.17) is 5.10 Å². The smallest absolute Gasteiger partial charge is 0.300 e. The van der Waals surface area contributed by atoms with Crippen LogP contribution in [-0.4, -0.2) is 26.3 Å². The molecule has 5 rings (SSSR count). The molecule has 0 saturated carbocycles. The number of hydrogen-bond acceptors (Lipinski definition) is 5. The normalized spacial score (nSPS) is 20.8.